The van der Waals surface area contributed by atoms with Gasteiger partial charge >= 0.3 is 0 Å². The van der Waals surface area contributed by atoms with Gasteiger partial charge in [0.2, 0.25) is 21.8 Å². The molecule has 184 valence electrons. The Bertz CT molecular complexity index is 1170. The number of nitrogens with one attached hydrogen (secondary N) is 1. The first-order chi connectivity index (χ1) is 16.2. The molecule has 2 aliphatic heterocycles. The van der Waals surface area contributed by atoms with Crippen LogP contribution in [0.3, 0.4) is 0 Å². The van der Waals surface area contributed by atoms with Crippen LogP contribution in [0.1, 0.15) is 37.1 Å². The summed E-state index contributed by atoms with van der Waals surface area (Å²) >= 11 is 0. The van der Waals surface area contributed by atoms with Crippen molar-refractivity contribution < 1.29 is 22.4 Å². The molecular weight excluding hydrogens is 461 g/mol. The Labute approximate surface area is 199 Å². The number of hydrogen-bond acceptors (Lipinski definition) is 5. The van der Waals surface area contributed by atoms with Crippen molar-refractivity contribution in [2.45, 2.75) is 51.0 Å². The average molecular weight is 492 g/mol. The lowest BCUT2D eigenvalue weighted by Gasteiger charge is -2.31. The third kappa shape index (κ3) is 5.00. The molecule has 4 rings (SSSR count). The fourth-order valence-corrected chi connectivity index (χ4v) is 6.58. The van der Waals surface area contributed by atoms with Gasteiger partial charge in [0.15, 0.2) is 0 Å². The van der Waals surface area contributed by atoms with Crippen LogP contribution < -0.4 is 5.32 Å². The summed E-state index contributed by atoms with van der Waals surface area (Å²) < 4.78 is 43.0. The molecule has 3 heterocycles. The van der Waals surface area contributed by atoms with Crippen LogP contribution in [0.25, 0.3) is 0 Å². The minimum atomic E-state index is -3.91. The highest BCUT2D eigenvalue weighted by Crippen LogP contribution is 2.28. The van der Waals surface area contributed by atoms with Gasteiger partial charge in [0, 0.05) is 31.9 Å². The number of aryl methyl sites for hydroxylation is 1. The molecule has 2 aromatic rings. The first-order valence-electron chi connectivity index (χ1n) is 11.5. The van der Waals surface area contributed by atoms with E-state index in [9.17, 15) is 22.4 Å². The standard InChI is InChI=1S/C23H30FN5O4S/c1-16-22(17(2)29(26-16)15-21(30)27-11-3-4-12-27)34(32,33)28-13-5-6-18(14-28)23(31)25-20-9-7-19(24)8-10-20/h7-10,18H,3-6,11-15H2,1-2H3,(H,25,31)/t18-/m1/s1. The number of halogens is 1. The van der Waals surface area contributed by atoms with Crippen molar-refractivity contribution in [2.75, 3.05) is 31.5 Å². The average Bonchev–Trinajstić information content (AvgIpc) is 3.44. The maximum atomic E-state index is 13.6. The molecule has 2 saturated heterocycles. The molecule has 0 bridgehead atoms. The molecule has 1 N–H and O–H groups in total. The zero-order valence-corrected chi connectivity index (χ0v) is 20.3. The van der Waals surface area contributed by atoms with E-state index in [0.717, 1.165) is 25.9 Å². The number of amides is 2. The van der Waals surface area contributed by atoms with E-state index in [0.29, 0.717) is 36.5 Å². The Hall–Kier alpha value is -2.79. The number of sulfonamides is 1. The molecule has 34 heavy (non-hydrogen) atoms. The Morgan fingerprint density at radius 2 is 1.76 bits per heavy atom. The molecular formula is C23H30FN5O4S. The van der Waals surface area contributed by atoms with E-state index in [4.69, 9.17) is 0 Å². The molecule has 11 heteroatoms. The summed E-state index contributed by atoms with van der Waals surface area (Å²) in [5.41, 5.74) is 1.22. The molecule has 2 amide bonds. The molecule has 1 aromatic carbocycles. The van der Waals surface area contributed by atoms with Crippen molar-refractivity contribution in [3.63, 3.8) is 0 Å². The van der Waals surface area contributed by atoms with Crippen molar-refractivity contribution in [1.29, 1.82) is 0 Å². The Kier molecular flexibility index (Phi) is 7.04. The van der Waals surface area contributed by atoms with Crippen LogP contribution in [-0.4, -0.2) is 65.4 Å². The fraction of sp³-hybridized carbons (Fsp3) is 0.522. The Balaban J connectivity index is 1.48. The van der Waals surface area contributed by atoms with Crippen molar-refractivity contribution in [3.8, 4) is 0 Å². The van der Waals surface area contributed by atoms with Gasteiger partial charge in [-0.2, -0.15) is 9.40 Å². The molecule has 0 aliphatic carbocycles. The fourth-order valence-electron chi connectivity index (χ4n) is 4.68. The van der Waals surface area contributed by atoms with Crippen LogP contribution in [0.2, 0.25) is 0 Å². The minimum absolute atomic E-state index is 0.00486. The second-order valence-electron chi connectivity index (χ2n) is 8.94. The molecule has 9 nitrogen and oxygen atoms in total. The predicted molar refractivity (Wildman–Crippen MR) is 124 cm³/mol. The number of aromatic nitrogens is 2. The Morgan fingerprint density at radius 3 is 2.44 bits per heavy atom. The predicted octanol–water partition coefficient (Wildman–Crippen LogP) is 2.30. The van der Waals surface area contributed by atoms with Gasteiger partial charge in [0.25, 0.3) is 0 Å². The summed E-state index contributed by atoms with van der Waals surface area (Å²) in [6.45, 7) is 5.08. The van der Waals surface area contributed by atoms with Crippen molar-refractivity contribution in [3.05, 3.63) is 41.5 Å². The van der Waals surface area contributed by atoms with Crippen LogP contribution in [0.5, 0.6) is 0 Å². The van der Waals surface area contributed by atoms with Crippen LogP contribution in [0, 0.1) is 25.6 Å². The van der Waals surface area contributed by atoms with E-state index in [1.807, 2.05) is 0 Å². The first-order valence-corrected chi connectivity index (χ1v) is 13.0. The molecule has 2 fully saturated rings. The molecule has 0 spiro atoms. The second kappa shape index (κ2) is 9.83. The van der Waals surface area contributed by atoms with Crippen LogP contribution in [0.15, 0.2) is 29.2 Å². The summed E-state index contributed by atoms with van der Waals surface area (Å²) in [4.78, 5) is 27.2. The van der Waals surface area contributed by atoms with Gasteiger partial charge in [0.1, 0.15) is 17.3 Å². The van der Waals surface area contributed by atoms with Crippen molar-refractivity contribution >= 4 is 27.5 Å². The van der Waals surface area contributed by atoms with Gasteiger partial charge in [-0.15, -0.1) is 0 Å². The number of carbonyl (C=O) groups is 2. The highest BCUT2D eigenvalue weighted by Gasteiger charge is 2.36. The number of rotatable bonds is 6. The summed E-state index contributed by atoms with van der Waals surface area (Å²) in [5, 5.41) is 7.09. The maximum Gasteiger partial charge on any atom is 0.246 e. The van der Waals surface area contributed by atoms with Gasteiger partial charge < -0.3 is 10.2 Å². The van der Waals surface area contributed by atoms with E-state index < -0.39 is 21.8 Å². The third-order valence-electron chi connectivity index (χ3n) is 6.52. The summed E-state index contributed by atoms with van der Waals surface area (Å²) in [6.07, 6.45) is 3.06. The van der Waals surface area contributed by atoms with E-state index in [1.165, 1.54) is 33.3 Å². The topological polar surface area (TPSA) is 105 Å². The number of carbonyl (C=O) groups excluding carboxylic acids is 2. The number of piperidine rings is 1. The quantitative estimate of drug-likeness (QED) is 0.668. The molecule has 1 aromatic heterocycles. The highest BCUT2D eigenvalue weighted by atomic mass is 32.2. The lowest BCUT2D eigenvalue weighted by Crippen LogP contribution is -2.44. The SMILES string of the molecule is Cc1nn(CC(=O)N2CCCC2)c(C)c1S(=O)(=O)N1CCC[C@@H](C(=O)Nc2ccc(F)cc2)C1. The van der Waals surface area contributed by atoms with Gasteiger partial charge in [0.05, 0.1) is 17.3 Å². The number of anilines is 1. The van der Waals surface area contributed by atoms with E-state index >= 15 is 0 Å². The number of benzene rings is 1. The molecule has 1 atom stereocenters. The second-order valence-corrected chi connectivity index (χ2v) is 10.8. The monoisotopic (exact) mass is 491 g/mol. The van der Waals surface area contributed by atoms with Crippen molar-refractivity contribution in [1.82, 2.24) is 19.0 Å². The minimum Gasteiger partial charge on any atom is -0.341 e. The van der Waals surface area contributed by atoms with Gasteiger partial charge in [-0.05, 0) is 63.8 Å². The maximum absolute atomic E-state index is 13.6. The molecule has 0 radical (unpaired) electrons. The van der Waals surface area contributed by atoms with Gasteiger partial charge in [-0.25, -0.2) is 12.8 Å². The number of likely N-dealkylation sites (tertiary alicyclic amines) is 1. The van der Waals surface area contributed by atoms with E-state index in [2.05, 4.69) is 10.4 Å². The lowest BCUT2D eigenvalue weighted by atomic mass is 9.99. The first kappa shape index (κ1) is 24.3. The largest absolute Gasteiger partial charge is 0.341 e. The number of nitrogens with zero attached hydrogens (tertiary/aromatic N) is 4. The lowest BCUT2D eigenvalue weighted by molar-refractivity contribution is -0.131. The van der Waals surface area contributed by atoms with E-state index in [1.54, 1.807) is 18.7 Å². The summed E-state index contributed by atoms with van der Waals surface area (Å²) in [6, 6.07) is 5.44. The molecule has 0 saturated carbocycles. The van der Waals surface area contributed by atoms with Gasteiger partial charge in [-0.1, -0.05) is 0 Å². The van der Waals surface area contributed by atoms with Crippen LogP contribution in [-0.2, 0) is 26.2 Å². The Morgan fingerprint density at radius 1 is 1.09 bits per heavy atom. The van der Waals surface area contributed by atoms with Crippen molar-refractivity contribution in [2.24, 2.45) is 5.92 Å². The zero-order chi connectivity index (χ0) is 24.5. The highest BCUT2D eigenvalue weighted by molar-refractivity contribution is 7.89. The number of hydrogen-bond donors (Lipinski definition) is 1. The summed E-state index contributed by atoms with van der Waals surface area (Å²) in [7, 11) is -3.91. The van der Waals surface area contributed by atoms with E-state index in [-0.39, 0.29) is 29.8 Å². The molecule has 0 unspecified atom stereocenters. The normalized spacial score (nSPS) is 19.4. The zero-order valence-electron chi connectivity index (χ0n) is 19.5. The molecule has 2 aliphatic rings. The summed E-state index contributed by atoms with van der Waals surface area (Å²) in [5.74, 6) is -1.29. The smallest absolute Gasteiger partial charge is 0.246 e. The third-order valence-corrected chi connectivity index (χ3v) is 8.64. The van der Waals surface area contributed by atoms with Crippen LogP contribution >= 0.6 is 0 Å². The van der Waals surface area contributed by atoms with Gasteiger partial charge in [-0.3, -0.25) is 14.3 Å². The van der Waals surface area contributed by atoms with Crippen LogP contribution in [0.4, 0.5) is 10.1 Å².